The molecule has 2 aliphatic carbocycles. The minimum atomic E-state index is 0.136. The van der Waals surface area contributed by atoms with Gasteiger partial charge in [0.05, 0.1) is 16.6 Å². The van der Waals surface area contributed by atoms with E-state index in [1.807, 2.05) is 0 Å². The van der Waals surface area contributed by atoms with Gasteiger partial charge in [-0.3, -0.25) is 0 Å². The van der Waals surface area contributed by atoms with E-state index in [-0.39, 0.29) is 5.41 Å². The molecule has 8 aromatic rings. The van der Waals surface area contributed by atoms with Crippen molar-refractivity contribution in [2.75, 3.05) is 0 Å². The lowest BCUT2D eigenvalue weighted by atomic mass is 9.78. The fourth-order valence-electron chi connectivity index (χ4n) is 9.06. The smallest absolute Gasteiger partial charge is 0.0619 e. The monoisotopic (exact) mass is 535 g/mol. The Hall–Kier alpha value is -4.88. The summed E-state index contributed by atoms with van der Waals surface area (Å²) in [6.07, 6.45) is 0. The highest BCUT2D eigenvalue weighted by Gasteiger charge is 2.54. The zero-order valence-corrected chi connectivity index (χ0v) is 23.7. The summed E-state index contributed by atoms with van der Waals surface area (Å²) in [5.41, 5.74) is 10.0. The number of para-hydroxylation sites is 2. The van der Waals surface area contributed by atoms with E-state index in [1.54, 1.807) is 0 Å². The molecule has 0 N–H and O–H groups in total. The molecule has 198 valence electrons. The molecular formula is C41H29N. The van der Waals surface area contributed by atoms with E-state index in [1.165, 1.54) is 81.9 Å². The van der Waals surface area contributed by atoms with E-state index in [0.29, 0.717) is 11.8 Å². The van der Waals surface area contributed by atoms with Crippen LogP contribution < -0.4 is 0 Å². The van der Waals surface area contributed by atoms with Gasteiger partial charge in [0, 0.05) is 33.4 Å². The Morgan fingerprint density at radius 2 is 0.857 bits per heavy atom. The fraction of sp³-hybridized carbons (Fsp3) is 0.122. The maximum absolute atomic E-state index is 2.58. The van der Waals surface area contributed by atoms with E-state index in [9.17, 15) is 0 Å². The molecule has 0 aliphatic heterocycles. The maximum atomic E-state index is 2.58. The van der Waals surface area contributed by atoms with Crippen LogP contribution in [0.4, 0.5) is 0 Å². The molecule has 2 atom stereocenters. The van der Waals surface area contributed by atoms with Crippen LogP contribution in [0, 0.1) is 5.41 Å². The molecule has 0 saturated carbocycles. The summed E-state index contributed by atoms with van der Waals surface area (Å²) < 4.78 is 2.58. The van der Waals surface area contributed by atoms with Gasteiger partial charge in [-0.15, -0.1) is 0 Å². The van der Waals surface area contributed by atoms with Crippen molar-refractivity contribution in [3.05, 3.63) is 150 Å². The maximum Gasteiger partial charge on any atom is 0.0619 e. The first-order valence-corrected chi connectivity index (χ1v) is 15.1. The highest BCUT2D eigenvalue weighted by Crippen LogP contribution is 2.67. The number of nitrogens with zero attached hydrogens (tertiary/aromatic N) is 1. The van der Waals surface area contributed by atoms with Crippen LogP contribution in [0.15, 0.2) is 127 Å². The van der Waals surface area contributed by atoms with Crippen LogP contribution in [-0.4, -0.2) is 4.40 Å². The Labute approximate surface area is 244 Å². The van der Waals surface area contributed by atoms with Crippen LogP contribution in [0.5, 0.6) is 0 Å². The number of hydrogen-bond acceptors (Lipinski definition) is 0. The molecule has 2 unspecified atom stereocenters. The van der Waals surface area contributed by atoms with Crippen molar-refractivity contribution in [2.24, 2.45) is 5.41 Å². The molecule has 0 amide bonds. The third kappa shape index (κ3) is 2.61. The molecule has 6 aromatic carbocycles. The standard InChI is InChI=1S/C41H29N/c1-41(2)38-29-17-7-8-18-30(29)39(41)35-23-37-33(22-34(35)38)27-15-6-4-13-25(27)24-12-3-5-14-26(24)31-19-11-20-32-28-16-9-10-21-36(28)42(37)40(31)32/h3-23,38-39H,1-2H3. The Kier molecular flexibility index (Phi) is 4.17. The van der Waals surface area contributed by atoms with Crippen LogP contribution in [0.25, 0.3) is 59.6 Å². The van der Waals surface area contributed by atoms with Crippen molar-refractivity contribution in [3.8, 4) is 0 Å². The van der Waals surface area contributed by atoms with Crippen LogP contribution in [0.1, 0.15) is 47.9 Å². The number of aromatic nitrogens is 1. The van der Waals surface area contributed by atoms with Gasteiger partial charge in [0.25, 0.3) is 0 Å². The summed E-state index contributed by atoms with van der Waals surface area (Å²) in [5, 5.41) is 10.4. The lowest BCUT2D eigenvalue weighted by Crippen LogP contribution is -2.15. The van der Waals surface area contributed by atoms with Gasteiger partial charge in [-0.1, -0.05) is 123 Å². The predicted octanol–water partition coefficient (Wildman–Crippen LogP) is 10.9. The minimum absolute atomic E-state index is 0.136. The summed E-state index contributed by atoms with van der Waals surface area (Å²) in [6.45, 7) is 4.96. The first kappa shape index (κ1) is 22.8. The second-order valence-electron chi connectivity index (χ2n) is 13.0. The van der Waals surface area contributed by atoms with Crippen LogP contribution in [0.2, 0.25) is 0 Å². The van der Waals surface area contributed by atoms with E-state index in [0.717, 1.165) is 0 Å². The predicted molar refractivity (Wildman–Crippen MR) is 178 cm³/mol. The third-order valence-electron chi connectivity index (χ3n) is 10.6. The van der Waals surface area contributed by atoms with Gasteiger partial charge in [-0.05, 0) is 67.4 Å². The van der Waals surface area contributed by atoms with Gasteiger partial charge in [-0.25, -0.2) is 0 Å². The third-order valence-corrected chi connectivity index (χ3v) is 10.6. The Balaban J connectivity index is 1.55. The van der Waals surface area contributed by atoms with E-state index >= 15 is 0 Å². The first-order valence-electron chi connectivity index (χ1n) is 15.1. The molecule has 0 saturated heterocycles. The van der Waals surface area contributed by atoms with Crippen molar-refractivity contribution in [1.29, 1.82) is 0 Å². The molecule has 2 heterocycles. The zero-order valence-electron chi connectivity index (χ0n) is 23.7. The largest absolute Gasteiger partial charge is 0.308 e. The highest BCUT2D eigenvalue weighted by molar-refractivity contribution is 6.25. The molecule has 2 aromatic heterocycles. The van der Waals surface area contributed by atoms with Crippen molar-refractivity contribution >= 4 is 59.6 Å². The quantitative estimate of drug-likeness (QED) is 0.182. The second-order valence-corrected chi connectivity index (χ2v) is 13.0. The number of fused-ring (bicyclic) bond motifs is 18. The SMILES string of the molecule is CC1(C)C2c3ccccc3C1c1cc3c(cc12)c1ccccc1c1ccccc1c1cccc2c4ccccc4n3c12. The molecule has 0 spiro atoms. The van der Waals surface area contributed by atoms with Gasteiger partial charge < -0.3 is 4.40 Å². The molecule has 1 heteroatoms. The highest BCUT2D eigenvalue weighted by atomic mass is 14.9. The summed E-state index contributed by atoms with van der Waals surface area (Å²) in [4.78, 5) is 0. The van der Waals surface area contributed by atoms with E-state index in [2.05, 4.69) is 146 Å². The number of rotatable bonds is 0. The Morgan fingerprint density at radius 3 is 1.50 bits per heavy atom. The summed E-state index contributed by atoms with van der Waals surface area (Å²) in [6, 6.07) is 48.2. The minimum Gasteiger partial charge on any atom is -0.308 e. The molecule has 1 nitrogen and oxygen atoms in total. The van der Waals surface area contributed by atoms with E-state index < -0.39 is 0 Å². The Bertz CT molecular complexity index is 2510. The average molecular weight is 536 g/mol. The molecule has 42 heavy (non-hydrogen) atoms. The van der Waals surface area contributed by atoms with Crippen LogP contribution in [-0.2, 0) is 0 Å². The average Bonchev–Trinajstić information content (AvgIpc) is 3.58. The molecule has 0 radical (unpaired) electrons. The molecule has 0 fully saturated rings. The van der Waals surface area contributed by atoms with Crippen LogP contribution in [0.3, 0.4) is 0 Å². The van der Waals surface area contributed by atoms with Crippen LogP contribution >= 0.6 is 0 Å². The molecule has 10 rings (SSSR count). The summed E-state index contributed by atoms with van der Waals surface area (Å²) in [5.74, 6) is 0.798. The van der Waals surface area contributed by atoms with Crippen molar-refractivity contribution in [1.82, 2.24) is 4.40 Å². The fourth-order valence-corrected chi connectivity index (χ4v) is 9.06. The molecular weight excluding hydrogens is 506 g/mol. The van der Waals surface area contributed by atoms with Crippen molar-refractivity contribution < 1.29 is 0 Å². The topological polar surface area (TPSA) is 4.41 Å². The van der Waals surface area contributed by atoms with Crippen molar-refractivity contribution in [2.45, 2.75) is 25.7 Å². The summed E-state index contributed by atoms with van der Waals surface area (Å²) in [7, 11) is 0. The van der Waals surface area contributed by atoms with E-state index in [4.69, 9.17) is 0 Å². The van der Waals surface area contributed by atoms with Gasteiger partial charge >= 0.3 is 0 Å². The van der Waals surface area contributed by atoms with Gasteiger partial charge in [0.1, 0.15) is 0 Å². The number of benzene rings is 6. The van der Waals surface area contributed by atoms with Crippen molar-refractivity contribution in [3.63, 3.8) is 0 Å². The molecule has 2 bridgehead atoms. The van der Waals surface area contributed by atoms with Gasteiger partial charge in [0.15, 0.2) is 0 Å². The van der Waals surface area contributed by atoms with Gasteiger partial charge in [-0.2, -0.15) is 0 Å². The lowest BCUT2D eigenvalue weighted by Gasteiger charge is -2.24. The second kappa shape index (κ2) is 7.69. The molecule has 2 aliphatic rings. The Morgan fingerprint density at radius 1 is 0.405 bits per heavy atom. The normalized spacial score (nSPS) is 18.4. The summed E-state index contributed by atoms with van der Waals surface area (Å²) >= 11 is 0. The first-order chi connectivity index (χ1) is 20.6. The zero-order chi connectivity index (χ0) is 27.7. The van der Waals surface area contributed by atoms with Gasteiger partial charge in [0.2, 0.25) is 0 Å². The lowest BCUT2D eigenvalue weighted by molar-refractivity contribution is 0.340. The number of hydrogen-bond donors (Lipinski definition) is 0.